The first-order valence-corrected chi connectivity index (χ1v) is 7.79. The Bertz CT molecular complexity index is 367. The molecule has 0 saturated heterocycles. The number of para-hydroxylation sites is 1. The predicted octanol–water partition coefficient (Wildman–Crippen LogP) is 3.75. The second kappa shape index (κ2) is 16.6. The molecule has 0 unspecified atom stereocenters. The maximum absolute atomic E-state index is 5.54. The number of hydrogen-bond donors (Lipinski definition) is 0. The molecule has 21 heavy (non-hydrogen) atoms. The van der Waals surface area contributed by atoms with Crippen LogP contribution in [0.5, 0.6) is 5.75 Å². The summed E-state index contributed by atoms with van der Waals surface area (Å²) in [7, 11) is 0. The third kappa shape index (κ3) is 12.5. The van der Waals surface area contributed by atoms with E-state index in [0.717, 1.165) is 17.8 Å². The van der Waals surface area contributed by atoms with Gasteiger partial charge in [0, 0.05) is 0 Å². The van der Waals surface area contributed by atoms with Gasteiger partial charge in [-0.3, -0.25) is 0 Å². The molecule has 1 aliphatic heterocycles. The number of fused-ring (bicyclic) bond motifs is 1. The Labute approximate surface area is 176 Å². The molecule has 1 heterocycles. The molecule has 1 aromatic rings. The largest absolute Gasteiger partial charge is 1.00 e. The number of ether oxygens (including phenoxy) is 1. The van der Waals surface area contributed by atoms with Crippen molar-refractivity contribution in [1.82, 2.24) is 0 Å². The van der Waals surface area contributed by atoms with Crippen molar-refractivity contribution in [1.29, 1.82) is 0 Å². The SMILES string of the molecule is CC.CC.CC(C)C.CC1=C[C-](C)Oc2ccccc21.[K+]. The van der Waals surface area contributed by atoms with Crippen molar-refractivity contribution in [2.45, 2.75) is 62.3 Å². The molecule has 2 heteroatoms. The molecule has 0 fully saturated rings. The van der Waals surface area contributed by atoms with Gasteiger partial charge >= 0.3 is 51.4 Å². The second-order valence-corrected chi connectivity index (χ2v) is 4.77. The van der Waals surface area contributed by atoms with Gasteiger partial charge in [0.2, 0.25) is 0 Å². The van der Waals surface area contributed by atoms with Gasteiger partial charge in [0.05, 0.1) is 5.75 Å². The molecule has 116 valence electrons. The van der Waals surface area contributed by atoms with Crippen LogP contribution in [0.15, 0.2) is 30.3 Å². The number of benzene rings is 1. The van der Waals surface area contributed by atoms with Crippen molar-refractivity contribution in [3.63, 3.8) is 0 Å². The van der Waals surface area contributed by atoms with E-state index in [9.17, 15) is 0 Å². The average Bonchev–Trinajstić information content (AvgIpc) is 2.42. The molecule has 1 aromatic carbocycles. The van der Waals surface area contributed by atoms with Crippen molar-refractivity contribution >= 4 is 5.57 Å². The zero-order valence-electron chi connectivity index (χ0n) is 15.9. The number of allylic oxidation sites excluding steroid dienone is 1. The van der Waals surface area contributed by atoms with Gasteiger partial charge in [0.25, 0.3) is 0 Å². The molecular weight excluding hydrogens is 283 g/mol. The topological polar surface area (TPSA) is 9.23 Å². The molecule has 2 rings (SSSR count). The van der Waals surface area contributed by atoms with E-state index in [1.807, 2.05) is 52.8 Å². The predicted molar refractivity (Wildman–Crippen MR) is 92.8 cm³/mol. The molecule has 0 amide bonds. The van der Waals surface area contributed by atoms with E-state index in [2.05, 4.69) is 39.8 Å². The fraction of sp³-hybridized carbons (Fsp3) is 0.526. The molecule has 0 radical (unpaired) electrons. The first-order valence-electron chi connectivity index (χ1n) is 7.79. The van der Waals surface area contributed by atoms with Crippen LogP contribution >= 0.6 is 0 Å². The Hall–Kier alpha value is 0.266. The monoisotopic (exact) mass is 316 g/mol. The van der Waals surface area contributed by atoms with E-state index in [-0.39, 0.29) is 51.4 Å². The van der Waals surface area contributed by atoms with Gasteiger partial charge in [-0.15, -0.1) is 6.92 Å². The molecule has 1 nitrogen and oxygen atoms in total. The van der Waals surface area contributed by atoms with E-state index in [1.165, 1.54) is 11.1 Å². The Morgan fingerprint density at radius 1 is 0.952 bits per heavy atom. The van der Waals surface area contributed by atoms with Gasteiger partial charge in [-0.2, -0.15) is 11.6 Å². The zero-order valence-corrected chi connectivity index (χ0v) is 19.0. The molecule has 0 N–H and O–H groups in total. The van der Waals surface area contributed by atoms with Crippen molar-refractivity contribution in [2.75, 3.05) is 0 Å². The molecule has 0 aliphatic carbocycles. The third-order valence-corrected chi connectivity index (χ3v) is 2.00. The Morgan fingerprint density at radius 2 is 1.38 bits per heavy atom. The van der Waals surface area contributed by atoms with Crippen LogP contribution in [-0.4, -0.2) is 0 Å². The van der Waals surface area contributed by atoms with Gasteiger partial charge < -0.3 is 4.74 Å². The van der Waals surface area contributed by atoms with Gasteiger partial charge in [0.1, 0.15) is 0 Å². The van der Waals surface area contributed by atoms with E-state index in [1.54, 1.807) is 0 Å². The molecule has 0 saturated carbocycles. The normalized spacial score (nSPS) is 10.8. The number of rotatable bonds is 0. The summed E-state index contributed by atoms with van der Waals surface area (Å²) in [6, 6.07) is 8.09. The van der Waals surface area contributed by atoms with Crippen LogP contribution in [0.3, 0.4) is 0 Å². The smallest absolute Gasteiger partial charge is 0.551 e. The third-order valence-electron chi connectivity index (χ3n) is 2.00. The summed E-state index contributed by atoms with van der Waals surface area (Å²) in [5, 5.41) is 0. The quantitative estimate of drug-likeness (QED) is 0.523. The van der Waals surface area contributed by atoms with Crippen LogP contribution in [-0.2, 0) is 0 Å². The van der Waals surface area contributed by atoms with Crippen molar-refractivity contribution in [3.8, 4) is 5.75 Å². The fourth-order valence-corrected chi connectivity index (χ4v) is 1.47. The summed E-state index contributed by atoms with van der Waals surface area (Å²) in [6.45, 7) is 18.6. The van der Waals surface area contributed by atoms with Gasteiger partial charge in [-0.05, 0) is 18.1 Å². The molecular formula is C19H33KO. The molecule has 1 aliphatic rings. The molecule has 0 aromatic heterocycles. The minimum absolute atomic E-state index is 0. The molecule has 0 spiro atoms. The Balaban J connectivity index is -0.000000311. The van der Waals surface area contributed by atoms with Crippen LogP contribution in [0.1, 0.15) is 67.9 Å². The molecule has 0 atom stereocenters. The van der Waals surface area contributed by atoms with Crippen LogP contribution < -0.4 is 56.1 Å². The van der Waals surface area contributed by atoms with E-state index in [0.29, 0.717) is 0 Å². The van der Waals surface area contributed by atoms with Crippen molar-refractivity contribution < 1.29 is 56.1 Å². The van der Waals surface area contributed by atoms with Crippen LogP contribution in [0.4, 0.5) is 0 Å². The summed E-state index contributed by atoms with van der Waals surface area (Å²) >= 11 is 0. The number of hydrogen-bond acceptors (Lipinski definition) is 1. The summed E-state index contributed by atoms with van der Waals surface area (Å²) in [5.41, 5.74) is 2.47. The summed E-state index contributed by atoms with van der Waals surface area (Å²) < 4.78 is 5.54. The first kappa shape index (κ1) is 26.2. The second-order valence-electron chi connectivity index (χ2n) is 4.77. The van der Waals surface area contributed by atoms with Crippen molar-refractivity contribution in [3.05, 3.63) is 42.0 Å². The maximum Gasteiger partial charge on any atom is 1.00 e. The minimum Gasteiger partial charge on any atom is -0.551 e. The van der Waals surface area contributed by atoms with E-state index in [4.69, 9.17) is 4.74 Å². The first-order chi connectivity index (χ1) is 9.50. The van der Waals surface area contributed by atoms with Crippen LogP contribution in [0.2, 0.25) is 0 Å². The standard InChI is InChI=1S/C11H11O.C4H10.2C2H6.K/c1-8-7-9(2)12-11-6-4-3-5-10(8)11;1-4(2)3;2*1-2;/h3-7H,1-2H3;4H,1-3H3;2*1-2H3;/q-1;;;;+1. The van der Waals surface area contributed by atoms with Crippen molar-refractivity contribution in [2.24, 2.45) is 5.92 Å². The Morgan fingerprint density at radius 3 is 1.86 bits per heavy atom. The average molecular weight is 317 g/mol. The summed E-state index contributed by atoms with van der Waals surface area (Å²) in [6.07, 6.45) is 3.02. The maximum atomic E-state index is 5.54. The fourth-order valence-electron chi connectivity index (χ4n) is 1.47. The molecule has 0 bridgehead atoms. The van der Waals surface area contributed by atoms with Crippen LogP contribution in [0, 0.1) is 12.0 Å². The van der Waals surface area contributed by atoms with E-state index >= 15 is 0 Å². The van der Waals surface area contributed by atoms with Gasteiger partial charge in [0.15, 0.2) is 0 Å². The van der Waals surface area contributed by atoms with Gasteiger partial charge in [-0.1, -0.05) is 79.2 Å². The van der Waals surface area contributed by atoms with Crippen LogP contribution in [0.25, 0.3) is 5.57 Å². The van der Waals surface area contributed by atoms with E-state index < -0.39 is 0 Å². The zero-order chi connectivity index (χ0) is 16.1. The summed E-state index contributed by atoms with van der Waals surface area (Å²) in [5.74, 6) is 1.80. The Kier molecular flexibility index (Phi) is 20.7. The van der Waals surface area contributed by atoms with Gasteiger partial charge in [-0.25, -0.2) is 0 Å². The summed E-state index contributed by atoms with van der Waals surface area (Å²) in [4.78, 5) is 0. The minimum atomic E-state index is 0.